The molecule has 0 aromatic heterocycles. The molecule has 6 heteroatoms. The minimum absolute atomic E-state index is 0. The van der Waals surface area contributed by atoms with E-state index >= 15 is 0 Å². The van der Waals surface area contributed by atoms with Crippen molar-refractivity contribution < 1.29 is 9.47 Å². The second-order valence-electron chi connectivity index (χ2n) is 8.25. The van der Waals surface area contributed by atoms with Gasteiger partial charge in [-0.2, -0.15) is 0 Å². The van der Waals surface area contributed by atoms with Crippen molar-refractivity contribution >= 4 is 12.4 Å². The highest BCUT2D eigenvalue weighted by molar-refractivity contribution is 5.85. The second kappa shape index (κ2) is 10.8. The van der Waals surface area contributed by atoms with Crippen LogP contribution < -0.4 is 15.4 Å². The summed E-state index contributed by atoms with van der Waals surface area (Å²) in [6.45, 7) is 6.09. The van der Waals surface area contributed by atoms with Crippen molar-refractivity contribution in [3.05, 3.63) is 29.8 Å². The molecular weight excluding hydrogens is 374 g/mol. The molecule has 2 saturated heterocycles. The maximum atomic E-state index is 5.73. The summed E-state index contributed by atoms with van der Waals surface area (Å²) in [7, 11) is 1.79. The molecule has 5 nitrogen and oxygen atoms in total. The largest absolute Gasteiger partial charge is 0.496 e. The molecular formula is C22H36ClN3O2. The van der Waals surface area contributed by atoms with Crippen LogP contribution in [0.3, 0.4) is 0 Å². The predicted molar refractivity (Wildman–Crippen MR) is 116 cm³/mol. The molecule has 1 aliphatic carbocycles. The van der Waals surface area contributed by atoms with Crippen molar-refractivity contribution in [2.24, 2.45) is 5.92 Å². The molecule has 158 valence electrons. The fourth-order valence-corrected chi connectivity index (χ4v) is 5.28. The highest BCUT2D eigenvalue weighted by Gasteiger charge is 2.35. The first-order valence-electron chi connectivity index (χ1n) is 10.8. The van der Waals surface area contributed by atoms with E-state index in [4.69, 9.17) is 9.47 Å². The molecule has 4 atom stereocenters. The van der Waals surface area contributed by atoms with Gasteiger partial charge < -0.3 is 20.1 Å². The fourth-order valence-electron chi connectivity index (χ4n) is 5.28. The van der Waals surface area contributed by atoms with E-state index in [9.17, 15) is 0 Å². The molecule has 0 radical (unpaired) electrons. The molecule has 4 unspecified atom stereocenters. The van der Waals surface area contributed by atoms with E-state index in [1.807, 2.05) is 0 Å². The Morgan fingerprint density at radius 2 is 2.04 bits per heavy atom. The summed E-state index contributed by atoms with van der Waals surface area (Å²) >= 11 is 0. The van der Waals surface area contributed by atoms with Crippen LogP contribution in [0.2, 0.25) is 0 Å². The Kier molecular flexibility index (Phi) is 8.42. The number of morpholine rings is 1. The van der Waals surface area contributed by atoms with E-state index in [0.29, 0.717) is 24.0 Å². The van der Waals surface area contributed by atoms with Crippen molar-refractivity contribution in [1.82, 2.24) is 15.5 Å². The maximum Gasteiger partial charge on any atom is 0.123 e. The van der Waals surface area contributed by atoms with Crippen molar-refractivity contribution in [2.75, 3.05) is 46.5 Å². The molecule has 4 rings (SSSR count). The Labute approximate surface area is 175 Å². The molecule has 2 N–H and O–H groups in total. The topological polar surface area (TPSA) is 45.8 Å². The normalized spacial score (nSPS) is 29.4. The minimum atomic E-state index is 0. The molecule has 2 heterocycles. The Morgan fingerprint density at radius 3 is 2.79 bits per heavy atom. The molecule has 1 saturated carbocycles. The zero-order valence-corrected chi connectivity index (χ0v) is 17.9. The third-order valence-corrected chi connectivity index (χ3v) is 6.69. The van der Waals surface area contributed by atoms with Gasteiger partial charge in [0.05, 0.1) is 26.4 Å². The Hall–Kier alpha value is -0.850. The van der Waals surface area contributed by atoms with Gasteiger partial charge in [-0.05, 0) is 50.8 Å². The van der Waals surface area contributed by atoms with Crippen molar-refractivity contribution in [1.29, 1.82) is 0 Å². The maximum absolute atomic E-state index is 5.73. The Balaban J connectivity index is 0.00000225. The zero-order valence-electron chi connectivity index (χ0n) is 17.1. The number of para-hydroxylation sites is 1. The molecule has 1 aromatic rings. The lowest BCUT2D eigenvalue weighted by Crippen LogP contribution is -2.51. The Morgan fingerprint density at radius 1 is 1.21 bits per heavy atom. The lowest BCUT2D eigenvalue weighted by Gasteiger charge is -2.35. The van der Waals surface area contributed by atoms with Crippen LogP contribution in [0.25, 0.3) is 0 Å². The molecule has 2 aliphatic heterocycles. The summed E-state index contributed by atoms with van der Waals surface area (Å²) in [5.74, 6) is 1.70. The average Bonchev–Trinajstić information content (AvgIpc) is 3.41. The molecule has 0 amide bonds. The molecule has 3 aliphatic rings. The van der Waals surface area contributed by atoms with Gasteiger partial charge in [0, 0.05) is 30.7 Å². The first-order chi connectivity index (χ1) is 13.4. The molecule has 28 heavy (non-hydrogen) atoms. The monoisotopic (exact) mass is 409 g/mol. The van der Waals surface area contributed by atoms with E-state index < -0.39 is 0 Å². The van der Waals surface area contributed by atoms with Crippen LogP contribution >= 0.6 is 12.4 Å². The smallest absolute Gasteiger partial charge is 0.123 e. The van der Waals surface area contributed by atoms with Crippen LogP contribution in [0.15, 0.2) is 24.3 Å². The van der Waals surface area contributed by atoms with Gasteiger partial charge in [-0.3, -0.25) is 4.90 Å². The number of rotatable bonds is 7. The van der Waals surface area contributed by atoms with Gasteiger partial charge in [-0.25, -0.2) is 0 Å². The summed E-state index contributed by atoms with van der Waals surface area (Å²) in [6.07, 6.45) is 6.52. The van der Waals surface area contributed by atoms with E-state index in [1.165, 1.54) is 50.8 Å². The van der Waals surface area contributed by atoms with Crippen molar-refractivity contribution in [3.63, 3.8) is 0 Å². The Bertz CT molecular complexity index is 591. The second-order valence-corrected chi connectivity index (χ2v) is 8.25. The summed E-state index contributed by atoms with van der Waals surface area (Å²) in [5, 5.41) is 7.65. The van der Waals surface area contributed by atoms with Crippen LogP contribution in [0.5, 0.6) is 5.75 Å². The molecule has 0 bridgehead atoms. The van der Waals surface area contributed by atoms with Gasteiger partial charge >= 0.3 is 0 Å². The summed E-state index contributed by atoms with van der Waals surface area (Å²) in [5.41, 5.74) is 1.32. The molecule has 0 spiro atoms. The number of nitrogens with zero attached hydrogens (tertiary/aromatic N) is 1. The molecule has 1 aromatic carbocycles. The van der Waals surface area contributed by atoms with Crippen LogP contribution in [0.1, 0.15) is 43.7 Å². The number of likely N-dealkylation sites (tertiary alicyclic amines) is 1. The number of methoxy groups -OCH3 is 1. The van der Waals surface area contributed by atoms with Crippen LogP contribution in [0.4, 0.5) is 0 Å². The third-order valence-electron chi connectivity index (χ3n) is 6.69. The zero-order chi connectivity index (χ0) is 18.5. The van der Waals surface area contributed by atoms with Gasteiger partial charge in [0.2, 0.25) is 0 Å². The quantitative estimate of drug-likeness (QED) is 0.724. The van der Waals surface area contributed by atoms with E-state index in [2.05, 4.69) is 39.8 Å². The van der Waals surface area contributed by atoms with Gasteiger partial charge in [0.15, 0.2) is 0 Å². The standard InChI is InChI=1S/C22H35N3O2.ClH/c1-26-22-10-3-2-7-18(22)21(25-12-4-5-13-25)15-24-19-9-6-8-17(19)20-16-27-14-11-23-20;/h2-3,7,10,17,19-21,23-24H,4-6,8-9,11-16H2,1H3;1H. The van der Waals surface area contributed by atoms with Crippen molar-refractivity contribution in [3.8, 4) is 5.75 Å². The number of hydrogen-bond donors (Lipinski definition) is 2. The predicted octanol–water partition coefficient (Wildman–Crippen LogP) is 3.00. The summed E-state index contributed by atoms with van der Waals surface area (Å²) < 4.78 is 11.4. The lowest BCUT2D eigenvalue weighted by molar-refractivity contribution is 0.0519. The van der Waals surface area contributed by atoms with Crippen molar-refractivity contribution in [2.45, 2.75) is 50.2 Å². The van der Waals surface area contributed by atoms with Gasteiger partial charge in [0.25, 0.3) is 0 Å². The van der Waals surface area contributed by atoms with Crippen LogP contribution in [-0.2, 0) is 4.74 Å². The lowest BCUT2D eigenvalue weighted by atomic mass is 9.93. The molecule has 3 fully saturated rings. The summed E-state index contributed by atoms with van der Waals surface area (Å²) in [6, 6.07) is 10.0. The average molecular weight is 410 g/mol. The van der Waals surface area contributed by atoms with Crippen LogP contribution in [-0.4, -0.2) is 63.5 Å². The van der Waals surface area contributed by atoms with Gasteiger partial charge in [-0.1, -0.05) is 24.6 Å². The highest BCUT2D eigenvalue weighted by Crippen LogP contribution is 2.33. The fraction of sp³-hybridized carbons (Fsp3) is 0.727. The number of hydrogen-bond acceptors (Lipinski definition) is 5. The first-order valence-corrected chi connectivity index (χ1v) is 10.8. The van der Waals surface area contributed by atoms with Gasteiger partial charge in [-0.15, -0.1) is 12.4 Å². The van der Waals surface area contributed by atoms with Gasteiger partial charge in [0.1, 0.15) is 5.75 Å². The van der Waals surface area contributed by atoms with E-state index in [0.717, 1.165) is 32.1 Å². The summed E-state index contributed by atoms with van der Waals surface area (Å²) in [4.78, 5) is 2.64. The highest BCUT2D eigenvalue weighted by atomic mass is 35.5. The number of ether oxygens (including phenoxy) is 2. The minimum Gasteiger partial charge on any atom is -0.496 e. The number of halogens is 1. The van der Waals surface area contributed by atoms with E-state index in [1.54, 1.807) is 7.11 Å². The third kappa shape index (κ3) is 5.00. The number of nitrogens with one attached hydrogen (secondary N) is 2. The number of benzene rings is 1. The first kappa shape index (κ1) is 21.8. The van der Waals surface area contributed by atoms with Crippen LogP contribution in [0, 0.1) is 5.92 Å². The van der Waals surface area contributed by atoms with E-state index in [-0.39, 0.29) is 12.4 Å². The SMILES string of the molecule is COc1ccccc1C(CNC1CCCC1C1COCCN1)N1CCCC1.Cl.